The van der Waals surface area contributed by atoms with Gasteiger partial charge in [-0.25, -0.2) is 18.1 Å². The number of benzene rings is 2. The molecule has 0 bridgehead atoms. The molecule has 0 unspecified atom stereocenters. The third kappa shape index (κ3) is 7.68. The van der Waals surface area contributed by atoms with Crippen LogP contribution in [0, 0.1) is 0 Å². The lowest BCUT2D eigenvalue weighted by Crippen LogP contribution is -2.38. The molecule has 164 valence electrons. The molecule has 0 spiro atoms. The summed E-state index contributed by atoms with van der Waals surface area (Å²) in [5.41, 5.74) is 2.86. The van der Waals surface area contributed by atoms with Gasteiger partial charge in [0.05, 0.1) is 18.9 Å². The minimum atomic E-state index is -3.30. The van der Waals surface area contributed by atoms with E-state index >= 15 is 0 Å². The molecule has 30 heavy (non-hydrogen) atoms. The molecule has 0 atom stereocenters. The van der Waals surface area contributed by atoms with Gasteiger partial charge < -0.3 is 15.0 Å². The van der Waals surface area contributed by atoms with Gasteiger partial charge in [0.25, 0.3) is 0 Å². The van der Waals surface area contributed by atoms with Crippen LogP contribution < -0.4 is 14.8 Å². The third-order valence-electron chi connectivity index (χ3n) is 4.42. The monoisotopic (exact) mass is 432 g/mol. The van der Waals surface area contributed by atoms with Crippen molar-refractivity contribution in [1.82, 2.24) is 14.9 Å². The zero-order valence-electron chi connectivity index (χ0n) is 18.2. The predicted molar refractivity (Wildman–Crippen MR) is 122 cm³/mol. The Bertz CT molecular complexity index is 928. The molecule has 2 rings (SSSR count). The summed E-state index contributed by atoms with van der Waals surface area (Å²) in [6, 6.07) is 15.6. The molecule has 0 aliphatic rings. The van der Waals surface area contributed by atoms with Crippen LogP contribution in [0.4, 0.5) is 0 Å². The van der Waals surface area contributed by atoms with E-state index < -0.39 is 10.0 Å². The largest absolute Gasteiger partial charge is 0.494 e. The van der Waals surface area contributed by atoms with E-state index in [9.17, 15) is 8.42 Å². The summed E-state index contributed by atoms with van der Waals surface area (Å²) in [7, 11) is 0.117. The normalized spacial score (nSPS) is 11.9. The number of hydrogen-bond donors (Lipinski definition) is 2. The number of aliphatic imine (C=N–C) groups is 1. The van der Waals surface area contributed by atoms with Crippen molar-refractivity contribution in [3.8, 4) is 5.75 Å². The molecular formula is C22H32N4O3S. The van der Waals surface area contributed by atoms with Crippen molar-refractivity contribution in [2.75, 3.05) is 27.2 Å². The van der Waals surface area contributed by atoms with Gasteiger partial charge in [0, 0.05) is 20.1 Å². The quantitative estimate of drug-likeness (QED) is 0.446. The van der Waals surface area contributed by atoms with Gasteiger partial charge in [0.2, 0.25) is 10.0 Å². The van der Waals surface area contributed by atoms with Crippen molar-refractivity contribution in [3.05, 3.63) is 65.2 Å². The molecule has 8 heteroatoms. The minimum absolute atomic E-state index is 0.0429. The molecule has 2 aromatic rings. The Kier molecular flexibility index (Phi) is 9.14. The predicted octanol–water partition coefficient (Wildman–Crippen LogP) is 2.73. The van der Waals surface area contributed by atoms with Crippen molar-refractivity contribution in [2.24, 2.45) is 4.99 Å². The molecule has 0 aliphatic heterocycles. The summed E-state index contributed by atoms with van der Waals surface area (Å²) in [6.07, 6.45) is 0. The van der Waals surface area contributed by atoms with Crippen molar-refractivity contribution < 1.29 is 13.2 Å². The number of ether oxygens (including phenoxy) is 1. The van der Waals surface area contributed by atoms with Gasteiger partial charge in [0.15, 0.2) is 5.96 Å². The van der Waals surface area contributed by atoms with E-state index in [4.69, 9.17) is 9.73 Å². The van der Waals surface area contributed by atoms with Gasteiger partial charge in [-0.05, 0) is 49.7 Å². The SMILES string of the molecule is CCNC(=NCc1cccc(CS(=O)(=O)NC)c1)N(C)Cc1ccc(OCC)cc1. The highest BCUT2D eigenvalue weighted by atomic mass is 32.2. The van der Waals surface area contributed by atoms with Gasteiger partial charge in [-0.15, -0.1) is 0 Å². The van der Waals surface area contributed by atoms with Gasteiger partial charge >= 0.3 is 0 Å². The Balaban J connectivity index is 2.07. The second kappa shape index (κ2) is 11.6. The molecule has 7 nitrogen and oxygen atoms in total. The summed E-state index contributed by atoms with van der Waals surface area (Å²) >= 11 is 0. The molecule has 0 amide bonds. The number of sulfonamides is 1. The molecular weight excluding hydrogens is 400 g/mol. The van der Waals surface area contributed by atoms with Crippen molar-refractivity contribution >= 4 is 16.0 Å². The highest BCUT2D eigenvalue weighted by Gasteiger charge is 2.10. The summed E-state index contributed by atoms with van der Waals surface area (Å²) < 4.78 is 31.4. The highest BCUT2D eigenvalue weighted by molar-refractivity contribution is 7.88. The Hall–Kier alpha value is -2.58. The molecule has 0 radical (unpaired) electrons. The minimum Gasteiger partial charge on any atom is -0.494 e. The van der Waals surface area contributed by atoms with Crippen LogP contribution in [0.15, 0.2) is 53.5 Å². The van der Waals surface area contributed by atoms with E-state index in [1.165, 1.54) is 7.05 Å². The lowest BCUT2D eigenvalue weighted by Gasteiger charge is -2.22. The van der Waals surface area contributed by atoms with Crippen molar-refractivity contribution in [1.29, 1.82) is 0 Å². The van der Waals surface area contributed by atoms with Crippen LogP contribution in [0.2, 0.25) is 0 Å². The maximum absolute atomic E-state index is 11.8. The fourth-order valence-electron chi connectivity index (χ4n) is 2.95. The van der Waals surface area contributed by atoms with Crippen LogP contribution in [0.25, 0.3) is 0 Å². The first-order valence-corrected chi connectivity index (χ1v) is 11.7. The Labute approximate surface area is 180 Å². The maximum atomic E-state index is 11.8. The first-order valence-electron chi connectivity index (χ1n) is 10.1. The van der Waals surface area contributed by atoms with Crippen LogP contribution in [-0.4, -0.2) is 46.5 Å². The molecule has 0 aromatic heterocycles. The molecule has 0 heterocycles. The lowest BCUT2D eigenvalue weighted by molar-refractivity contribution is 0.340. The van der Waals surface area contributed by atoms with Gasteiger partial charge in [-0.1, -0.05) is 36.4 Å². The molecule has 0 saturated carbocycles. The number of rotatable bonds is 10. The average Bonchev–Trinajstić information content (AvgIpc) is 2.72. The van der Waals surface area contributed by atoms with Crippen molar-refractivity contribution in [2.45, 2.75) is 32.7 Å². The number of guanidine groups is 1. The first-order chi connectivity index (χ1) is 14.4. The number of nitrogens with zero attached hydrogens (tertiary/aromatic N) is 2. The summed E-state index contributed by atoms with van der Waals surface area (Å²) in [5.74, 6) is 1.61. The zero-order valence-corrected chi connectivity index (χ0v) is 19.0. The van der Waals surface area contributed by atoms with Crippen molar-refractivity contribution in [3.63, 3.8) is 0 Å². The van der Waals surface area contributed by atoms with E-state index in [0.717, 1.165) is 34.9 Å². The fraction of sp³-hybridized carbons (Fsp3) is 0.409. The zero-order chi connectivity index (χ0) is 22.0. The van der Waals surface area contributed by atoms with Gasteiger partial charge in [0.1, 0.15) is 5.75 Å². The van der Waals surface area contributed by atoms with E-state index in [2.05, 4.69) is 27.1 Å². The smallest absolute Gasteiger partial charge is 0.215 e. The van der Waals surface area contributed by atoms with Crippen LogP contribution in [0.5, 0.6) is 5.75 Å². The van der Waals surface area contributed by atoms with Gasteiger partial charge in [-0.3, -0.25) is 0 Å². The van der Waals surface area contributed by atoms with E-state index in [-0.39, 0.29) is 5.75 Å². The molecule has 0 saturated heterocycles. The average molecular weight is 433 g/mol. The second-order valence-electron chi connectivity index (χ2n) is 6.89. The Morgan fingerprint density at radius 1 is 1.07 bits per heavy atom. The highest BCUT2D eigenvalue weighted by Crippen LogP contribution is 2.14. The van der Waals surface area contributed by atoms with Crippen LogP contribution in [-0.2, 0) is 28.9 Å². The summed E-state index contributed by atoms with van der Waals surface area (Å²) in [4.78, 5) is 6.79. The van der Waals surface area contributed by atoms with Crippen LogP contribution >= 0.6 is 0 Å². The maximum Gasteiger partial charge on any atom is 0.215 e. The third-order valence-corrected chi connectivity index (χ3v) is 5.76. The first kappa shape index (κ1) is 23.7. The molecule has 0 aliphatic carbocycles. The lowest BCUT2D eigenvalue weighted by atomic mass is 10.1. The topological polar surface area (TPSA) is 83.0 Å². The Morgan fingerprint density at radius 3 is 2.40 bits per heavy atom. The summed E-state index contributed by atoms with van der Waals surface area (Å²) in [6.45, 7) is 6.58. The number of nitrogens with one attached hydrogen (secondary N) is 2. The van der Waals surface area contributed by atoms with E-state index in [0.29, 0.717) is 19.7 Å². The van der Waals surface area contributed by atoms with E-state index in [1.807, 2.05) is 57.3 Å². The number of hydrogen-bond acceptors (Lipinski definition) is 4. The fourth-order valence-corrected chi connectivity index (χ4v) is 3.71. The molecule has 0 fully saturated rings. The van der Waals surface area contributed by atoms with Crippen LogP contribution in [0.3, 0.4) is 0 Å². The van der Waals surface area contributed by atoms with E-state index in [1.54, 1.807) is 0 Å². The van der Waals surface area contributed by atoms with Crippen LogP contribution in [0.1, 0.15) is 30.5 Å². The molecule has 2 aromatic carbocycles. The standard InChI is InChI=1S/C22H32N4O3S/c1-5-24-22(26(4)16-18-10-12-21(13-11-18)29-6-2)25-15-19-8-7-9-20(14-19)17-30(27,28)23-3/h7-14,23H,5-6,15-17H2,1-4H3,(H,24,25). The second-order valence-corrected chi connectivity index (χ2v) is 8.81. The summed E-state index contributed by atoms with van der Waals surface area (Å²) in [5, 5.41) is 3.31. The van der Waals surface area contributed by atoms with Gasteiger partial charge in [-0.2, -0.15) is 0 Å². The Morgan fingerprint density at radius 2 is 1.77 bits per heavy atom. The molecule has 2 N–H and O–H groups in total.